The molecule has 1 aromatic heterocycles. The first-order chi connectivity index (χ1) is 16.7. The number of likely N-dealkylation sites (tertiary alicyclic amines) is 1. The van der Waals surface area contributed by atoms with Gasteiger partial charge in [-0.15, -0.1) is 0 Å². The van der Waals surface area contributed by atoms with Crippen LogP contribution < -0.4 is 5.32 Å². The van der Waals surface area contributed by atoms with Gasteiger partial charge in [0.25, 0.3) is 5.91 Å². The lowest BCUT2D eigenvalue weighted by Gasteiger charge is -2.32. The van der Waals surface area contributed by atoms with Crippen molar-refractivity contribution in [1.82, 2.24) is 10.2 Å². The monoisotopic (exact) mass is 452 g/mol. The van der Waals surface area contributed by atoms with Crippen LogP contribution in [-0.4, -0.2) is 36.3 Å². The highest BCUT2D eigenvalue weighted by molar-refractivity contribution is 5.96. The summed E-state index contributed by atoms with van der Waals surface area (Å²) in [6.45, 7) is 1.94. The van der Waals surface area contributed by atoms with E-state index < -0.39 is 0 Å². The van der Waals surface area contributed by atoms with Crippen LogP contribution in [0.25, 0.3) is 11.0 Å². The van der Waals surface area contributed by atoms with Crippen molar-refractivity contribution < 1.29 is 14.0 Å². The minimum absolute atomic E-state index is 0.0122. The quantitative estimate of drug-likeness (QED) is 0.436. The Hall–Kier alpha value is -3.86. The van der Waals surface area contributed by atoms with Gasteiger partial charge in [-0.3, -0.25) is 9.59 Å². The van der Waals surface area contributed by atoms with Gasteiger partial charge in [-0.2, -0.15) is 0 Å². The van der Waals surface area contributed by atoms with Crippen molar-refractivity contribution in [1.29, 1.82) is 0 Å². The molecule has 0 aliphatic carbocycles. The standard InChI is InChI=1S/C29H28N2O3/c32-28(27(22-9-3-1-4-10-22)23-11-5-2-6-12-23)30-20-21-15-17-31(18-16-21)29(33)26-19-24-13-7-8-14-25(24)34-26/h1-14,19,21,27H,15-18,20H2,(H,30,32). The van der Waals surface area contributed by atoms with Crippen LogP contribution in [0.1, 0.15) is 40.4 Å². The summed E-state index contributed by atoms with van der Waals surface area (Å²) >= 11 is 0. The molecule has 5 rings (SSSR count). The van der Waals surface area contributed by atoms with Gasteiger partial charge in [0.15, 0.2) is 5.76 Å². The minimum atomic E-state index is -0.336. The predicted octanol–water partition coefficient (Wildman–Crippen LogP) is 5.23. The topological polar surface area (TPSA) is 62.6 Å². The molecule has 172 valence electrons. The van der Waals surface area contributed by atoms with Crippen molar-refractivity contribution in [3.05, 3.63) is 108 Å². The van der Waals surface area contributed by atoms with E-state index in [1.54, 1.807) is 0 Å². The van der Waals surface area contributed by atoms with Gasteiger partial charge >= 0.3 is 0 Å². The Kier molecular flexibility index (Phi) is 6.43. The Balaban J connectivity index is 1.18. The highest BCUT2D eigenvalue weighted by atomic mass is 16.3. The van der Waals surface area contributed by atoms with Crippen LogP contribution in [0.4, 0.5) is 0 Å². The molecule has 0 spiro atoms. The SMILES string of the molecule is O=C(NCC1CCN(C(=O)c2cc3ccccc3o2)CC1)C(c1ccccc1)c1ccccc1. The number of nitrogens with zero attached hydrogens (tertiary/aromatic N) is 1. The van der Waals surface area contributed by atoms with Gasteiger partial charge in [0.1, 0.15) is 5.58 Å². The summed E-state index contributed by atoms with van der Waals surface area (Å²) in [5, 5.41) is 4.12. The fraction of sp³-hybridized carbons (Fsp3) is 0.241. The van der Waals surface area contributed by atoms with E-state index in [2.05, 4.69) is 5.32 Å². The van der Waals surface area contributed by atoms with Crippen LogP contribution in [0.5, 0.6) is 0 Å². The summed E-state index contributed by atoms with van der Waals surface area (Å²) in [6, 6.07) is 29.3. The summed E-state index contributed by atoms with van der Waals surface area (Å²) in [5.74, 6) is 0.347. The molecule has 1 aliphatic rings. The van der Waals surface area contributed by atoms with Crippen LogP contribution in [0.15, 0.2) is 95.4 Å². The molecule has 1 aliphatic heterocycles. The molecular formula is C29H28N2O3. The summed E-state index contributed by atoms with van der Waals surface area (Å²) in [6.07, 6.45) is 1.71. The molecule has 0 bridgehead atoms. The lowest BCUT2D eigenvalue weighted by Crippen LogP contribution is -2.42. The zero-order valence-electron chi connectivity index (χ0n) is 19.0. The summed E-state index contributed by atoms with van der Waals surface area (Å²) in [4.78, 5) is 28.0. The van der Waals surface area contributed by atoms with Gasteiger partial charge in [0.2, 0.25) is 5.91 Å². The molecule has 3 aromatic carbocycles. The Morgan fingerprint density at radius 2 is 1.44 bits per heavy atom. The van der Waals surface area contributed by atoms with E-state index in [0.29, 0.717) is 31.3 Å². The van der Waals surface area contributed by atoms with E-state index >= 15 is 0 Å². The number of rotatable bonds is 6. The van der Waals surface area contributed by atoms with E-state index in [9.17, 15) is 9.59 Å². The van der Waals surface area contributed by atoms with Crippen molar-refractivity contribution in [2.24, 2.45) is 5.92 Å². The van der Waals surface area contributed by atoms with Crippen LogP contribution in [0, 0.1) is 5.92 Å². The molecule has 1 N–H and O–H groups in total. The number of carbonyl (C=O) groups is 2. The maximum Gasteiger partial charge on any atom is 0.289 e. The van der Waals surface area contributed by atoms with E-state index in [0.717, 1.165) is 34.9 Å². The van der Waals surface area contributed by atoms with Crippen LogP contribution in [-0.2, 0) is 4.79 Å². The van der Waals surface area contributed by atoms with Crippen molar-refractivity contribution in [2.75, 3.05) is 19.6 Å². The summed E-state index contributed by atoms with van der Waals surface area (Å²) in [7, 11) is 0. The third kappa shape index (κ3) is 4.74. The van der Waals surface area contributed by atoms with Gasteiger partial charge < -0.3 is 14.6 Å². The minimum Gasteiger partial charge on any atom is -0.451 e. The number of fused-ring (bicyclic) bond motifs is 1. The van der Waals surface area contributed by atoms with E-state index in [-0.39, 0.29) is 17.7 Å². The van der Waals surface area contributed by atoms with Crippen LogP contribution in [0.3, 0.4) is 0 Å². The normalized spacial score (nSPS) is 14.4. The number of hydrogen-bond donors (Lipinski definition) is 1. The van der Waals surface area contributed by atoms with E-state index in [1.807, 2.05) is 95.9 Å². The number of piperidine rings is 1. The smallest absolute Gasteiger partial charge is 0.289 e. The predicted molar refractivity (Wildman–Crippen MR) is 133 cm³/mol. The molecule has 5 nitrogen and oxygen atoms in total. The first-order valence-corrected chi connectivity index (χ1v) is 11.8. The molecule has 34 heavy (non-hydrogen) atoms. The third-order valence-corrected chi connectivity index (χ3v) is 6.63. The van der Waals surface area contributed by atoms with Gasteiger partial charge in [-0.05, 0) is 42.0 Å². The number of benzene rings is 3. The van der Waals surface area contributed by atoms with E-state index in [1.165, 1.54) is 0 Å². The molecule has 0 unspecified atom stereocenters. The highest BCUT2D eigenvalue weighted by Gasteiger charge is 2.27. The number of nitrogens with one attached hydrogen (secondary N) is 1. The number of furan rings is 1. The second-order valence-electron chi connectivity index (χ2n) is 8.88. The van der Waals surface area contributed by atoms with Crippen molar-refractivity contribution >= 4 is 22.8 Å². The first-order valence-electron chi connectivity index (χ1n) is 11.8. The van der Waals surface area contributed by atoms with Crippen LogP contribution in [0.2, 0.25) is 0 Å². The molecule has 5 heteroatoms. The van der Waals surface area contributed by atoms with Gasteiger partial charge in [-0.1, -0.05) is 78.9 Å². The molecule has 2 amide bonds. The Morgan fingerprint density at radius 1 is 0.853 bits per heavy atom. The molecule has 0 atom stereocenters. The molecule has 2 heterocycles. The summed E-state index contributed by atoms with van der Waals surface area (Å²) in [5.41, 5.74) is 2.70. The number of carbonyl (C=O) groups excluding carboxylic acids is 2. The lowest BCUT2D eigenvalue weighted by atomic mass is 9.90. The zero-order valence-corrected chi connectivity index (χ0v) is 19.0. The number of amides is 2. The third-order valence-electron chi connectivity index (χ3n) is 6.63. The lowest BCUT2D eigenvalue weighted by molar-refractivity contribution is -0.122. The molecule has 1 fully saturated rings. The van der Waals surface area contributed by atoms with Crippen molar-refractivity contribution in [2.45, 2.75) is 18.8 Å². The fourth-order valence-electron chi connectivity index (χ4n) is 4.72. The zero-order chi connectivity index (χ0) is 23.3. The van der Waals surface area contributed by atoms with Crippen molar-refractivity contribution in [3.63, 3.8) is 0 Å². The second kappa shape index (κ2) is 9.96. The molecule has 0 saturated carbocycles. The number of para-hydroxylation sites is 1. The maximum atomic E-state index is 13.2. The molecular weight excluding hydrogens is 424 g/mol. The van der Waals surface area contributed by atoms with Gasteiger partial charge in [0, 0.05) is 25.0 Å². The number of hydrogen-bond acceptors (Lipinski definition) is 3. The van der Waals surface area contributed by atoms with Gasteiger partial charge in [-0.25, -0.2) is 0 Å². The Bertz CT molecular complexity index is 1190. The Morgan fingerprint density at radius 3 is 2.06 bits per heavy atom. The maximum absolute atomic E-state index is 13.2. The van der Waals surface area contributed by atoms with Gasteiger partial charge in [0.05, 0.1) is 5.92 Å². The highest BCUT2D eigenvalue weighted by Crippen LogP contribution is 2.26. The van der Waals surface area contributed by atoms with Crippen molar-refractivity contribution in [3.8, 4) is 0 Å². The second-order valence-corrected chi connectivity index (χ2v) is 8.88. The molecule has 1 saturated heterocycles. The summed E-state index contributed by atoms with van der Waals surface area (Å²) < 4.78 is 5.75. The largest absolute Gasteiger partial charge is 0.451 e. The molecule has 4 aromatic rings. The average Bonchev–Trinajstić information content (AvgIpc) is 3.33. The molecule has 0 radical (unpaired) electrons. The van der Waals surface area contributed by atoms with E-state index in [4.69, 9.17) is 4.42 Å². The Labute approximate surface area is 199 Å². The average molecular weight is 453 g/mol. The first kappa shape index (κ1) is 22.0. The fourth-order valence-corrected chi connectivity index (χ4v) is 4.72. The van der Waals surface area contributed by atoms with Crippen LogP contribution >= 0.6 is 0 Å².